The zero-order valence-electron chi connectivity index (χ0n) is 13.7. The Labute approximate surface area is 128 Å². The summed E-state index contributed by atoms with van der Waals surface area (Å²) in [6.07, 6.45) is 9.57. The van der Waals surface area contributed by atoms with Gasteiger partial charge in [0.05, 0.1) is 5.69 Å². The van der Waals surface area contributed by atoms with Crippen molar-refractivity contribution >= 4 is 11.4 Å². The molecular formula is C20H27N. The second kappa shape index (κ2) is 4.44. The minimum atomic E-state index is 0.229. The van der Waals surface area contributed by atoms with Gasteiger partial charge < -0.3 is 0 Å². The zero-order chi connectivity index (χ0) is 14.7. The van der Waals surface area contributed by atoms with Crippen molar-refractivity contribution in [2.45, 2.75) is 76.5 Å². The van der Waals surface area contributed by atoms with Gasteiger partial charge >= 0.3 is 0 Å². The lowest BCUT2D eigenvalue weighted by molar-refractivity contribution is 0.221. The van der Waals surface area contributed by atoms with Crippen molar-refractivity contribution in [2.24, 2.45) is 10.9 Å². The van der Waals surface area contributed by atoms with Gasteiger partial charge in [0, 0.05) is 11.1 Å². The van der Waals surface area contributed by atoms with Crippen molar-refractivity contribution < 1.29 is 0 Å². The maximum absolute atomic E-state index is 5.09. The molecule has 1 spiro atoms. The van der Waals surface area contributed by atoms with Gasteiger partial charge in [-0.2, -0.15) is 0 Å². The van der Waals surface area contributed by atoms with E-state index >= 15 is 0 Å². The first-order chi connectivity index (χ1) is 10.0. The van der Waals surface area contributed by atoms with E-state index in [-0.39, 0.29) is 5.41 Å². The minimum absolute atomic E-state index is 0.229. The van der Waals surface area contributed by atoms with E-state index in [1.54, 1.807) is 5.56 Å². The van der Waals surface area contributed by atoms with E-state index in [2.05, 4.69) is 39.0 Å². The van der Waals surface area contributed by atoms with Gasteiger partial charge in [0.1, 0.15) is 0 Å². The molecule has 2 fully saturated rings. The number of benzene rings is 1. The topological polar surface area (TPSA) is 12.4 Å². The van der Waals surface area contributed by atoms with Crippen LogP contribution in [0.5, 0.6) is 0 Å². The zero-order valence-corrected chi connectivity index (χ0v) is 13.7. The van der Waals surface area contributed by atoms with E-state index < -0.39 is 0 Å². The molecule has 2 aliphatic carbocycles. The van der Waals surface area contributed by atoms with Crippen LogP contribution in [0, 0.1) is 5.92 Å². The number of hydrogen-bond donors (Lipinski definition) is 0. The van der Waals surface area contributed by atoms with Crippen molar-refractivity contribution in [3.63, 3.8) is 0 Å². The summed E-state index contributed by atoms with van der Waals surface area (Å²) in [5.74, 6) is 0.857. The molecule has 4 rings (SSSR count). The highest BCUT2D eigenvalue weighted by atomic mass is 14.8. The van der Waals surface area contributed by atoms with E-state index in [1.165, 1.54) is 61.9 Å². The minimum Gasteiger partial charge on any atom is -0.257 e. The third-order valence-electron chi connectivity index (χ3n) is 6.15. The van der Waals surface area contributed by atoms with Crippen molar-refractivity contribution in [2.75, 3.05) is 0 Å². The summed E-state index contributed by atoms with van der Waals surface area (Å²) in [5.41, 5.74) is 6.42. The van der Waals surface area contributed by atoms with Crippen LogP contribution in [-0.4, -0.2) is 5.71 Å². The molecule has 21 heavy (non-hydrogen) atoms. The van der Waals surface area contributed by atoms with Gasteiger partial charge in [0.2, 0.25) is 0 Å². The molecule has 0 bridgehead atoms. The van der Waals surface area contributed by atoms with Crippen molar-refractivity contribution in [3.05, 3.63) is 29.3 Å². The second-order valence-corrected chi connectivity index (χ2v) is 8.35. The van der Waals surface area contributed by atoms with Crippen LogP contribution in [0.4, 0.5) is 5.69 Å². The molecule has 1 heterocycles. The maximum atomic E-state index is 5.09. The predicted molar refractivity (Wildman–Crippen MR) is 89.7 cm³/mol. The Kier molecular flexibility index (Phi) is 2.87. The van der Waals surface area contributed by atoms with Gasteiger partial charge in [-0.05, 0) is 60.6 Å². The average molecular weight is 281 g/mol. The Morgan fingerprint density at radius 2 is 1.90 bits per heavy atom. The molecule has 1 aromatic rings. The van der Waals surface area contributed by atoms with Crippen LogP contribution >= 0.6 is 0 Å². The molecule has 3 aliphatic rings. The summed E-state index contributed by atoms with van der Waals surface area (Å²) in [6, 6.07) is 7.10. The van der Waals surface area contributed by atoms with E-state index in [1.807, 2.05) is 0 Å². The van der Waals surface area contributed by atoms with Gasteiger partial charge in [0.25, 0.3) is 0 Å². The van der Waals surface area contributed by atoms with E-state index in [0.717, 1.165) is 5.92 Å². The normalized spacial score (nSPS) is 31.2. The number of hydrogen-bond acceptors (Lipinski definition) is 1. The molecular weight excluding hydrogens is 254 g/mol. The summed E-state index contributed by atoms with van der Waals surface area (Å²) < 4.78 is 0. The lowest BCUT2D eigenvalue weighted by Gasteiger charge is -2.46. The molecule has 1 aromatic carbocycles. The molecule has 1 heteroatoms. The molecule has 0 aromatic heterocycles. The monoisotopic (exact) mass is 281 g/mol. The summed E-state index contributed by atoms with van der Waals surface area (Å²) in [5, 5.41) is 0. The molecule has 0 radical (unpaired) electrons. The average Bonchev–Trinajstić information content (AvgIpc) is 2.78. The van der Waals surface area contributed by atoms with E-state index in [0.29, 0.717) is 5.41 Å². The number of aliphatic imine (C=N–C) groups is 1. The lowest BCUT2D eigenvalue weighted by atomic mass is 9.56. The molecule has 1 nitrogen and oxygen atoms in total. The first-order valence-electron chi connectivity index (χ1n) is 8.75. The quantitative estimate of drug-likeness (QED) is 0.580. The molecule has 1 aliphatic heterocycles. The molecule has 0 amide bonds. The van der Waals surface area contributed by atoms with Crippen LogP contribution < -0.4 is 0 Å². The molecule has 2 saturated carbocycles. The Bertz CT molecular complexity index is 603. The Morgan fingerprint density at radius 3 is 2.71 bits per heavy atom. The van der Waals surface area contributed by atoms with Gasteiger partial charge in [-0.25, -0.2) is 0 Å². The Hall–Kier alpha value is -1.11. The Morgan fingerprint density at radius 1 is 1.10 bits per heavy atom. The van der Waals surface area contributed by atoms with Crippen LogP contribution in [0.3, 0.4) is 0 Å². The molecule has 0 N–H and O–H groups in total. The first-order valence-corrected chi connectivity index (χ1v) is 8.75. The number of nitrogens with zero attached hydrogens (tertiary/aromatic N) is 1. The lowest BCUT2D eigenvalue weighted by Crippen LogP contribution is -2.46. The first kappa shape index (κ1) is 13.5. The van der Waals surface area contributed by atoms with Gasteiger partial charge in [-0.1, -0.05) is 45.7 Å². The number of fused-ring (bicyclic) bond motifs is 1. The third kappa shape index (κ3) is 1.86. The maximum Gasteiger partial charge on any atom is 0.0671 e. The highest BCUT2D eigenvalue weighted by Crippen LogP contribution is 2.56. The van der Waals surface area contributed by atoms with Crippen LogP contribution in [0.25, 0.3) is 0 Å². The summed E-state index contributed by atoms with van der Waals surface area (Å²) in [4.78, 5) is 5.09. The smallest absolute Gasteiger partial charge is 0.0671 e. The fraction of sp³-hybridized carbons (Fsp3) is 0.650. The second-order valence-electron chi connectivity index (χ2n) is 8.35. The van der Waals surface area contributed by atoms with E-state index in [4.69, 9.17) is 4.99 Å². The molecule has 2 atom stereocenters. The summed E-state index contributed by atoms with van der Waals surface area (Å²) in [6.45, 7) is 6.97. The molecule has 112 valence electrons. The van der Waals surface area contributed by atoms with Crippen molar-refractivity contribution in [1.82, 2.24) is 0 Å². The summed E-state index contributed by atoms with van der Waals surface area (Å²) >= 11 is 0. The van der Waals surface area contributed by atoms with Crippen molar-refractivity contribution in [3.8, 4) is 0 Å². The standard InChI is InChI=1S/C20H27N/c1-19(2,3)15-10-11-17-16(13-15)20-12-5-4-7-14(20)8-6-9-18(20)21-17/h10-11,13-14H,4-9,12H2,1-3H3. The highest BCUT2D eigenvalue weighted by molar-refractivity contribution is 6.02. The number of rotatable bonds is 0. The summed E-state index contributed by atoms with van der Waals surface area (Å²) in [7, 11) is 0. The fourth-order valence-electron chi connectivity index (χ4n) is 5.02. The van der Waals surface area contributed by atoms with Crippen LogP contribution in [0.15, 0.2) is 23.2 Å². The third-order valence-corrected chi connectivity index (χ3v) is 6.15. The van der Waals surface area contributed by atoms with Crippen LogP contribution in [-0.2, 0) is 10.8 Å². The van der Waals surface area contributed by atoms with Crippen molar-refractivity contribution in [1.29, 1.82) is 0 Å². The van der Waals surface area contributed by atoms with Gasteiger partial charge in [-0.15, -0.1) is 0 Å². The van der Waals surface area contributed by atoms with Gasteiger partial charge in [-0.3, -0.25) is 4.99 Å². The molecule has 0 saturated heterocycles. The van der Waals surface area contributed by atoms with Gasteiger partial charge in [0.15, 0.2) is 0 Å². The fourth-order valence-corrected chi connectivity index (χ4v) is 5.02. The van der Waals surface area contributed by atoms with Crippen LogP contribution in [0.1, 0.15) is 76.8 Å². The van der Waals surface area contributed by atoms with Crippen LogP contribution in [0.2, 0.25) is 0 Å². The Balaban J connectivity index is 1.88. The predicted octanol–water partition coefficient (Wildman–Crippen LogP) is 5.68. The largest absolute Gasteiger partial charge is 0.257 e. The van der Waals surface area contributed by atoms with E-state index in [9.17, 15) is 0 Å². The molecule has 2 unspecified atom stereocenters. The SMILES string of the molecule is CC(C)(C)c1ccc2c(c1)C13CCCCC1CCCC3=N2. The highest BCUT2D eigenvalue weighted by Gasteiger charge is 2.51.